The maximum absolute atomic E-state index is 13.2. The lowest BCUT2D eigenvalue weighted by Crippen LogP contribution is -2.46. The summed E-state index contributed by atoms with van der Waals surface area (Å²) in [4.78, 5) is 0.0472. The first kappa shape index (κ1) is 19.6. The van der Waals surface area contributed by atoms with Crippen molar-refractivity contribution in [1.29, 1.82) is 0 Å². The number of ether oxygens (including phenoxy) is 2. The van der Waals surface area contributed by atoms with Crippen molar-refractivity contribution in [3.8, 4) is 5.75 Å². The van der Waals surface area contributed by atoms with E-state index in [1.54, 1.807) is 19.1 Å². The quantitative estimate of drug-likeness (QED) is 0.747. The predicted molar refractivity (Wildman–Crippen MR) is 98.1 cm³/mol. The van der Waals surface area contributed by atoms with Gasteiger partial charge in [0, 0.05) is 19.2 Å². The molecular formula is C17H25NO6S2. The minimum Gasteiger partial charge on any atom is -0.495 e. The molecule has 1 aromatic rings. The molecule has 1 N–H and O–H groups in total. The van der Waals surface area contributed by atoms with Crippen LogP contribution in [0.5, 0.6) is 5.75 Å². The number of sulfone groups is 2. The van der Waals surface area contributed by atoms with Crippen LogP contribution in [0.4, 0.5) is 0 Å². The van der Waals surface area contributed by atoms with Gasteiger partial charge in [0.1, 0.15) is 10.6 Å². The lowest BCUT2D eigenvalue weighted by Gasteiger charge is -2.22. The van der Waals surface area contributed by atoms with Gasteiger partial charge in [-0.15, -0.1) is 0 Å². The van der Waals surface area contributed by atoms with Crippen molar-refractivity contribution in [3.63, 3.8) is 0 Å². The number of hydrogen-bond donors (Lipinski definition) is 1. The molecule has 2 aliphatic rings. The molecule has 0 radical (unpaired) electrons. The Morgan fingerprint density at radius 1 is 1.31 bits per heavy atom. The van der Waals surface area contributed by atoms with Crippen molar-refractivity contribution in [2.45, 2.75) is 42.1 Å². The van der Waals surface area contributed by atoms with Gasteiger partial charge in [-0.05, 0) is 37.5 Å². The van der Waals surface area contributed by atoms with Gasteiger partial charge in [0.2, 0.25) is 0 Å². The van der Waals surface area contributed by atoms with Crippen LogP contribution in [-0.2, 0) is 24.4 Å². The first-order valence-electron chi connectivity index (χ1n) is 8.67. The van der Waals surface area contributed by atoms with E-state index in [2.05, 4.69) is 5.32 Å². The molecule has 3 atom stereocenters. The van der Waals surface area contributed by atoms with Crippen molar-refractivity contribution < 1.29 is 26.3 Å². The molecule has 0 spiro atoms. The van der Waals surface area contributed by atoms with Crippen molar-refractivity contribution in [2.24, 2.45) is 0 Å². The zero-order valence-electron chi connectivity index (χ0n) is 15.0. The molecule has 2 fully saturated rings. The van der Waals surface area contributed by atoms with Crippen LogP contribution < -0.4 is 10.1 Å². The first-order valence-corrected chi connectivity index (χ1v) is 12.0. The third-order valence-electron chi connectivity index (χ3n) is 4.96. The Kier molecular flexibility index (Phi) is 5.62. The lowest BCUT2D eigenvalue weighted by atomic mass is 10.2. The number of methoxy groups -OCH3 is 1. The maximum atomic E-state index is 13.2. The normalized spacial score (nSPS) is 28.3. The van der Waals surface area contributed by atoms with E-state index >= 15 is 0 Å². The fourth-order valence-electron chi connectivity index (χ4n) is 3.57. The molecule has 0 aromatic heterocycles. The molecule has 1 aromatic carbocycles. The van der Waals surface area contributed by atoms with Gasteiger partial charge >= 0.3 is 0 Å². The Labute approximate surface area is 154 Å². The monoisotopic (exact) mass is 403 g/mol. The fourth-order valence-corrected chi connectivity index (χ4v) is 8.53. The van der Waals surface area contributed by atoms with E-state index in [0.29, 0.717) is 13.2 Å². The molecule has 7 nitrogen and oxygen atoms in total. The zero-order valence-corrected chi connectivity index (χ0v) is 16.6. The largest absolute Gasteiger partial charge is 0.495 e. The van der Waals surface area contributed by atoms with E-state index in [-0.39, 0.29) is 28.3 Å². The van der Waals surface area contributed by atoms with Crippen LogP contribution in [0, 0.1) is 6.92 Å². The van der Waals surface area contributed by atoms with Gasteiger partial charge in [-0.1, -0.05) is 6.07 Å². The summed E-state index contributed by atoms with van der Waals surface area (Å²) in [6.45, 7) is 2.94. The van der Waals surface area contributed by atoms with Gasteiger partial charge < -0.3 is 14.8 Å². The summed E-state index contributed by atoms with van der Waals surface area (Å²) in [6, 6.07) is 4.24. The smallest absolute Gasteiger partial charge is 0.187 e. The van der Waals surface area contributed by atoms with Gasteiger partial charge in [-0.25, -0.2) is 16.8 Å². The van der Waals surface area contributed by atoms with Crippen LogP contribution >= 0.6 is 0 Å². The predicted octanol–water partition coefficient (Wildman–Crippen LogP) is 0.712. The van der Waals surface area contributed by atoms with Crippen LogP contribution in [0.25, 0.3) is 0 Å². The highest BCUT2D eigenvalue weighted by atomic mass is 32.2. The van der Waals surface area contributed by atoms with Gasteiger partial charge in [0.15, 0.2) is 19.7 Å². The fraction of sp³-hybridized carbons (Fsp3) is 0.647. The van der Waals surface area contributed by atoms with Gasteiger partial charge in [-0.2, -0.15) is 0 Å². The van der Waals surface area contributed by atoms with Gasteiger partial charge in [0.25, 0.3) is 0 Å². The summed E-state index contributed by atoms with van der Waals surface area (Å²) in [7, 11) is -5.91. The Balaban J connectivity index is 1.89. The average Bonchev–Trinajstić information content (AvgIpc) is 3.20. The first-order chi connectivity index (χ1) is 12.2. The van der Waals surface area contributed by atoms with E-state index in [1.165, 1.54) is 13.2 Å². The minimum atomic E-state index is -3.88. The average molecular weight is 404 g/mol. The minimum absolute atomic E-state index is 0.00941. The maximum Gasteiger partial charge on any atom is 0.187 e. The van der Waals surface area contributed by atoms with E-state index in [0.717, 1.165) is 18.4 Å². The molecule has 2 heterocycles. The highest BCUT2D eigenvalue weighted by Crippen LogP contribution is 2.32. The lowest BCUT2D eigenvalue weighted by molar-refractivity contribution is 0.108. The molecule has 26 heavy (non-hydrogen) atoms. The van der Waals surface area contributed by atoms with Crippen molar-refractivity contribution in [1.82, 2.24) is 5.32 Å². The summed E-state index contributed by atoms with van der Waals surface area (Å²) in [5, 5.41) is 2.10. The molecular weight excluding hydrogens is 378 g/mol. The second-order valence-corrected chi connectivity index (χ2v) is 11.3. The molecule has 9 heteroatoms. The second kappa shape index (κ2) is 7.46. The van der Waals surface area contributed by atoms with Crippen LogP contribution in [-0.4, -0.2) is 66.0 Å². The van der Waals surface area contributed by atoms with Crippen molar-refractivity contribution in [2.75, 3.05) is 31.8 Å². The molecule has 2 saturated heterocycles. The molecule has 3 rings (SSSR count). The van der Waals surface area contributed by atoms with E-state index in [9.17, 15) is 16.8 Å². The SMILES string of the molecule is COc1ccc(C)cc1S(=O)(=O)[C@H]1CS(=O)(=O)C[C@H]1NC[C@@H]1CCCO1. The summed E-state index contributed by atoms with van der Waals surface area (Å²) >= 11 is 0. The number of aryl methyl sites for hydroxylation is 1. The zero-order chi connectivity index (χ0) is 18.9. The summed E-state index contributed by atoms with van der Waals surface area (Å²) < 4.78 is 61.6. The Hall–Kier alpha value is -1.16. The Bertz CT molecular complexity index is 859. The number of hydrogen-bond acceptors (Lipinski definition) is 7. The third-order valence-corrected chi connectivity index (χ3v) is 9.13. The number of nitrogens with one attached hydrogen (secondary N) is 1. The summed E-state index contributed by atoms with van der Waals surface area (Å²) in [6.07, 6.45) is 1.88. The summed E-state index contributed by atoms with van der Waals surface area (Å²) in [5.41, 5.74) is 0.772. The Morgan fingerprint density at radius 2 is 2.08 bits per heavy atom. The van der Waals surface area contributed by atoms with Crippen molar-refractivity contribution in [3.05, 3.63) is 23.8 Å². The number of benzene rings is 1. The molecule has 146 valence electrons. The van der Waals surface area contributed by atoms with E-state index < -0.39 is 31.0 Å². The highest BCUT2D eigenvalue weighted by Gasteiger charge is 2.46. The standard InChI is InChI=1S/C17H25NO6S2/c1-12-5-6-15(23-2)16(8-12)26(21,22)17-11-25(19,20)10-14(17)18-9-13-4-3-7-24-13/h5-6,8,13-14,17-18H,3-4,7,9-11H2,1-2H3/t13-,14+,17-/m0/s1. The van der Waals surface area contributed by atoms with Crippen LogP contribution in [0.3, 0.4) is 0 Å². The Morgan fingerprint density at radius 3 is 2.73 bits per heavy atom. The molecule has 0 aliphatic carbocycles. The van der Waals surface area contributed by atoms with E-state index in [1.807, 2.05) is 0 Å². The van der Waals surface area contributed by atoms with E-state index in [4.69, 9.17) is 9.47 Å². The second-order valence-electron chi connectivity index (χ2n) is 6.96. The van der Waals surface area contributed by atoms with Gasteiger partial charge in [-0.3, -0.25) is 0 Å². The van der Waals surface area contributed by atoms with Crippen LogP contribution in [0.1, 0.15) is 18.4 Å². The molecule has 0 saturated carbocycles. The number of rotatable bonds is 6. The van der Waals surface area contributed by atoms with Gasteiger partial charge in [0.05, 0.1) is 30.0 Å². The van der Waals surface area contributed by atoms with Crippen LogP contribution in [0.15, 0.2) is 23.1 Å². The summed E-state index contributed by atoms with van der Waals surface area (Å²) in [5.74, 6) is -0.328. The molecule has 0 unspecified atom stereocenters. The molecule has 2 aliphatic heterocycles. The third kappa shape index (κ3) is 4.05. The van der Waals surface area contributed by atoms with Crippen molar-refractivity contribution >= 4 is 19.7 Å². The highest BCUT2D eigenvalue weighted by molar-refractivity contribution is 7.96. The molecule has 0 bridgehead atoms. The molecule has 0 amide bonds. The topological polar surface area (TPSA) is 98.8 Å². The van der Waals surface area contributed by atoms with Crippen LogP contribution in [0.2, 0.25) is 0 Å².